The van der Waals surface area contributed by atoms with Gasteiger partial charge in [-0.05, 0) is 68.9 Å². The first-order valence-electron chi connectivity index (χ1n) is 11.6. The Morgan fingerprint density at radius 1 is 1.20 bits per heavy atom. The van der Waals surface area contributed by atoms with Crippen LogP contribution < -0.4 is 11.1 Å². The highest BCUT2D eigenvalue weighted by Crippen LogP contribution is 2.25. The Morgan fingerprint density at radius 2 is 1.91 bits per heavy atom. The molecule has 0 saturated carbocycles. The predicted octanol–water partition coefficient (Wildman–Crippen LogP) is 2.44. The molecule has 1 saturated heterocycles. The standard InChI is InChI=1S/C24H30N6O4S/c1-15-5-4-12-29(14-15)35(33,34)19-8-6-18(7-9-19)28-22(31)11-10-20-16(2)27-24-21(23(25)32)13-26-30(24)17(20)3/h6-9,13,15H,4-5,10-12,14H2,1-3H3,(H2,25,32)(H,28,31). The second kappa shape index (κ2) is 9.74. The van der Waals surface area contributed by atoms with E-state index >= 15 is 0 Å². The van der Waals surface area contributed by atoms with Gasteiger partial charge in [0.2, 0.25) is 15.9 Å². The Hall–Kier alpha value is -3.31. The Bertz CT molecular complexity index is 1380. The third kappa shape index (κ3) is 5.06. The predicted molar refractivity (Wildman–Crippen MR) is 132 cm³/mol. The minimum Gasteiger partial charge on any atom is -0.365 e. The number of hydrogen-bond acceptors (Lipinski definition) is 6. The molecule has 0 spiro atoms. The zero-order valence-electron chi connectivity index (χ0n) is 20.1. The second-order valence-electron chi connectivity index (χ2n) is 9.10. The van der Waals surface area contributed by atoms with Gasteiger partial charge in [-0.25, -0.2) is 17.9 Å². The number of nitrogens with two attached hydrogens (primary N) is 1. The molecular weight excluding hydrogens is 468 g/mol. The molecule has 3 aromatic rings. The largest absolute Gasteiger partial charge is 0.365 e. The molecule has 1 aliphatic rings. The minimum atomic E-state index is -3.54. The number of anilines is 1. The number of sulfonamides is 1. The molecule has 1 atom stereocenters. The average Bonchev–Trinajstić information content (AvgIpc) is 3.23. The first kappa shape index (κ1) is 24.8. The average molecular weight is 499 g/mol. The highest BCUT2D eigenvalue weighted by Gasteiger charge is 2.28. The molecule has 4 rings (SSSR count). The summed E-state index contributed by atoms with van der Waals surface area (Å²) in [4.78, 5) is 28.9. The highest BCUT2D eigenvalue weighted by molar-refractivity contribution is 7.89. The molecule has 1 unspecified atom stereocenters. The summed E-state index contributed by atoms with van der Waals surface area (Å²) in [5, 5.41) is 7.02. The van der Waals surface area contributed by atoms with Crippen molar-refractivity contribution in [1.82, 2.24) is 18.9 Å². The van der Waals surface area contributed by atoms with E-state index < -0.39 is 15.9 Å². The van der Waals surface area contributed by atoms with Crippen molar-refractivity contribution < 1.29 is 18.0 Å². The molecule has 10 nitrogen and oxygen atoms in total. The normalized spacial score (nSPS) is 16.9. The topological polar surface area (TPSA) is 140 Å². The van der Waals surface area contributed by atoms with Crippen molar-refractivity contribution in [3.63, 3.8) is 0 Å². The number of rotatable bonds is 7. The number of aryl methyl sites for hydroxylation is 2. The molecule has 11 heteroatoms. The molecule has 1 aliphatic heterocycles. The molecule has 186 valence electrons. The van der Waals surface area contributed by atoms with Crippen molar-refractivity contribution in [3.05, 3.63) is 53.0 Å². The van der Waals surface area contributed by atoms with Crippen molar-refractivity contribution in [2.75, 3.05) is 18.4 Å². The van der Waals surface area contributed by atoms with Gasteiger partial charge in [0, 0.05) is 36.6 Å². The number of amides is 2. The van der Waals surface area contributed by atoms with Gasteiger partial charge >= 0.3 is 0 Å². The van der Waals surface area contributed by atoms with Crippen LogP contribution in [0.15, 0.2) is 35.4 Å². The van der Waals surface area contributed by atoms with Crippen LogP contribution in [-0.2, 0) is 21.2 Å². The maximum atomic E-state index is 12.9. The lowest BCUT2D eigenvalue weighted by Crippen LogP contribution is -2.39. The quantitative estimate of drug-likeness (QED) is 0.513. The summed E-state index contributed by atoms with van der Waals surface area (Å²) < 4.78 is 28.9. The molecule has 2 amide bonds. The Kier molecular flexibility index (Phi) is 6.91. The van der Waals surface area contributed by atoms with E-state index in [2.05, 4.69) is 22.3 Å². The number of primary amides is 1. The summed E-state index contributed by atoms with van der Waals surface area (Å²) >= 11 is 0. The van der Waals surface area contributed by atoms with Gasteiger partial charge < -0.3 is 11.1 Å². The van der Waals surface area contributed by atoms with Gasteiger partial charge in [-0.3, -0.25) is 9.59 Å². The first-order valence-corrected chi connectivity index (χ1v) is 13.1. The van der Waals surface area contributed by atoms with Gasteiger partial charge in [0.1, 0.15) is 5.56 Å². The number of benzene rings is 1. The number of aromatic nitrogens is 3. The smallest absolute Gasteiger partial charge is 0.254 e. The van der Waals surface area contributed by atoms with Crippen LogP contribution in [0.1, 0.15) is 53.5 Å². The molecule has 1 aromatic carbocycles. The SMILES string of the molecule is Cc1nc2c(C(N)=O)cnn2c(C)c1CCC(=O)Nc1ccc(S(=O)(=O)N2CCCC(C)C2)cc1. The van der Waals surface area contributed by atoms with Crippen molar-refractivity contribution in [2.24, 2.45) is 11.7 Å². The van der Waals surface area contributed by atoms with Crippen LogP contribution in [0.3, 0.4) is 0 Å². The monoisotopic (exact) mass is 498 g/mol. The second-order valence-corrected chi connectivity index (χ2v) is 11.0. The van der Waals surface area contributed by atoms with Gasteiger partial charge in [0.05, 0.1) is 11.1 Å². The summed E-state index contributed by atoms with van der Waals surface area (Å²) in [6.07, 6.45) is 3.92. The highest BCUT2D eigenvalue weighted by atomic mass is 32.2. The zero-order chi connectivity index (χ0) is 25.3. The lowest BCUT2D eigenvalue weighted by molar-refractivity contribution is -0.116. The van der Waals surface area contributed by atoms with Crippen LogP contribution in [0.25, 0.3) is 5.65 Å². The molecule has 3 heterocycles. The fourth-order valence-electron chi connectivity index (χ4n) is 4.53. The van der Waals surface area contributed by atoms with Crippen LogP contribution >= 0.6 is 0 Å². The number of nitrogens with zero attached hydrogens (tertiary/aromatic N) is 4. The lowest BCUT2D eigenvalue weighted by atomic mass is 10.0. The van der Waals surface area contributed by atoms with E-state index in [1.807, 2.05) is 13.8 Å². The summed E-state index contributed by atoms with van der Waals surface area (Å²) in [6.45, 7) is 6.80. The Balaban J connectivity index is 1.41. The third-order valence-electron chi connectivity index (χ3n) is 6.47. The number of nitrogens with one attached hydrogen (secondary N) is 1. The van der Waals surface area contributed by atoms with Gasteiger partial charge in [-0.2, -0.15) is 9.40 Å². The summed E-state index contributed by atoms with van der Waals surface area (Å²) in [6, 6.07) is 6.28. The Labute approximate surface area is 204 Å². The molecule has 0 bridgehead atoms. The van der Waals surface area contributed by atoms with E-state index in [1.54, 1.807) is 16.6 Å². The van der Waals surface area contributed by atoms with E-state index in [1.165, 1.54) is 22.6 Å². The van der Waals surface area contributed by atoms with E-state index in [0.29, 0.717) is 42.5 Å². The summed E-state index contributed by atoms with van der Waals surface area (Å²) in [5.74, 6) is -0.454. The zero-order valence-corrected chi connectivity index (χ0v) is 20.9. The molecule has 0 aliphatic carbocycles. The molecule has 3 N–H and O–H groups in total. The van der Waals surface area contributed by atoms with Crippen LogP contribution in [0.5, 0.6) is 0 Å². The number of carbonyl (C=O) groups is 2. The maximum Gasteiger partial charge on any atom is 0.254 e. The van der Waals surface area contributed by atoms with Gasteiger partial charge in [-0.1, -0.05) is 6.92 Å². The van der Waals surface area contributed by atoms with Crippen LogP contribution in [0, 0.1) is 19.8 Å². The van der Waals surface area contributed by atoms with Gasteiger partial charge in [-0.15, -0.1) is 0 Å². The maximum absolute atomic E-state index is 12.9. The summed E-state index contributed by atoms with van der Waals surface area (Å²) in [7, 11) is -3.54. The fourth-order valence-corrected chi connectivity index (χ4v) is 6.13. The molecule has 1 fully saturated rings. The van der Waals surface area contributed by atoms with E-state index in [0.717, 1.165) is 24.1 Å². The van der Waals surface area contributed by atoms with Crippen molar-refractivity contribution >= 4 is 33.2 Å². The summed E-state index contributed by atoms with van der Waals surface area (Å²) in [5.41, 5.74) is 8.92. The third-order valence-corrected chi connectivity index (χ3v) is 8.35. The lowest BCUT2D eigenvalue weighted by Gasteiger charge is -2.30. The number of carbonyl (C=O) groups excluding carboxylic acids is 2. The molecule has 2 aromatic heterocycles. The fraction of sp³-hybridized carbons (Fsp3) is 0.417. The van der Waals surface area contributed by atoms with Gasteiger partial charge in [0.25, 0.3) is 5.91 Å². The van der Waals surface area contributed by atoms with Crippen molar-refractivity contribution in [2.45, 2.75) is 51.3 Å². The van der Waals surface area contributed by atoms with Crippen LogP contribution in [0.4, 0.5) is 5.69 Å². The minimum absolute atomic E-state index is 0.199. The van der Waals surface area contributed by atoms with E-state index in [9.17, 15) is 18.0 Å². The number of fused-ring (bicyclic) bond motifs is 1. The number of piperidine rings is 1. The van der Waals surface area contributed by atoms with E-state index in [4.69, 9.17) is 5.73 Å². The molecular formula is C24H30N6O4S. The van der Waals surface area contributed by atoms with Crippen molar-refractivity contribution in [1.29, 1.82) is 0 Å². The van der Waals surface area contributed by atoms with E-state index in [-0.39, 0.29) is 22.8 Å². The Morgan fingerprint density at radius 3 is 2.57 bits per heavy atom. The molecule has 35 heavy (non-hydrogen) atoms. The van der Waals surface area contributed by atoms with Crippen LogP contribution in [0.2, 0.25) is 0 Å². The van der Waals surface area contributed by atoms with Crippen LogP contribution in [-0.4, -0.2) is 52.2 Å². The van der Waals surface area contributed by atoms with Gasteiger partial charge in [0.15, 0.2) is 5.65 Å². The number of hydrogen-bond donors (Lipinski definition) is 2. The van der Waals surface area contributed by atoms with Crippen molar-refractivity contribution in [3.8, 4) is 0 Å². The first-order chi connectivity index (χ1) is 16.6. The molecule has 0 radical (unpaired) electrons.